The zero-order valence-corrected chi connectivity index (χ0v) is 16.5. The summed E-state index contributed by atoms with van der Waals surface area (Å²) in [5.74, 6) is -4.12. The smallest absolute Gasteiger partial charge is 0.480 e. The van der Waals surface area contributed by atoms with Gasteiger partial charge in [-0.2, -0.15) is 25.8 Å². The second-order valence-electron chi connectivity index (χ2n) is 6.64. The maximum absolute atomic E-state index is 11.4. The molecule has 7 nitrogen and oxygen atoms in total. The first-order chi connectivity index (χ1) is 13.3. The Morgan fingerprint density at radius 3 is 2.03 bits per heavy atom. The molecule has 0 radical (unpaired) electrons. The SMILES string of the molecule is CC(=O)NC(C(=O)O)C1(S)CCN(Cc2ccccc2)CC1.O=C(O)C(F)(F)F. The van der Waals surface area contributed by atoms with E-state index in [1.807, 2.05) is 18.2 Å². The van der Waals surface area contributed by atoms with E-state index in [4.69, 9.17) is 9.90 Å². The Balaban J connectivity index is 0.000000516. The average Bonchev–Trinajstić information content (AvgIpc) is 2.62. The molecule has 29 heavy (non-hydrogen) atoms. The molecule has 1 aliphatic heterocycles. The summed E-state index contributed by atoms with van der Waals surface area (Å²) in [5, 5.41) is 19.0. The van der Waals surface area contributed by atoms with E-state index in [0.717, 1.165) is 19.6 Å². The molecule has 162 valence electrons. The standard InChI is InChI=1S/C16H22N2O3S.C2HF3O2/c1-12(19)17-14(15(20)21)16(22)7-9-18(10-8-16)11-13-5-3-2-4-6-13;3-2(4,5)1(6)7/h2-6,14,22H,7-11H2,1H3,(H,17,19)(H,20,21);(H,6,7). The van der Waals surface area contributed by atoms with E-state index in [1.54, 1.807) is 0 Å². The summed E-state index contributed by atoms with van der Waals surface area (Å²) in [6.07, 6.45) is -3.83. The molecular weight excluding hydrogens is 413 g/mol. The zero-order chi connectivity index (χ0) is 22.2. The molecule has 0 spiro atoms. The van der Waals surface area contributed by atoms with Gasteiger partial charge >= 0.3 is 18.1 Å². The van der Waals surface area contributed by atoms with Crippen LogP contribution in [0.25, 0.3) is 0 Å². The van der Waals surface area contributed by atoms with Crippen LogP contribution in [0.1, 0.15) is 25.3 Å². The number of aliphatic carboxylic acids is 2. The summed E-state index contributed by atoms with van der Waals surface area (Å²) in [4.78, 5) is 33.8. The van der Waals surface area contributed by atoms with Crippen molar-refractivity contribution in [2.24, 2.45) is 0 Å². The number of nitrogens with zero attached hydrogens (tertiary/aromatic N) is 1. The molecular formula is C18H23F3N2O5S. The molecule has 0 aliphatic carbocycles. The fourth-order valence-corrected chi connectivity index (χ4v) is 3.23. The first kappa shape index (κ1) is 24.8. The van der Waals surface area contributed by atoms with E-state index in [-0.39, 0.29) is 5.91 Å². The van der Waals surface area contributed by atoms with Crippen LogP contribution >= 0.6 is 12.6 Å². The van der Waals surface area contributed by atoms with Crippen molar-refractivity contribution in [2.75, 3.05) is 13.1 Å². The lowest BCUT2D eigenvalue weighted by atomic mass is 9.87. The van der Waals surface area contributed by atoms with Crippen molar-refractivity contribution >= 4 is 30.5 Å². The van der Waals surface area contributed by atoms with E-state index >= 15 is 0 Å². The summed E-state index contributed by atoms with van der Waals surface area (Å²) in [6.45, 7) is 3.71. The van der Waals surface area contributed by atoms with Crippen molar-refractivity contribution in [1.82, 2.24) is 10.2 Å². The highest BCUT2D eigenvalue weighted by Crippen LogP contribution is 2.33. The third-order valence-corrected chi connectivity index (χ3v) is 5.05. The minimum atomic E-state index is -5.08. The van der Waals surface area contributed by atoms with Gasteiger partial charge in [0.05, 0.1) is 0 Å². The predicted octanol–water partition coefficient (Wildman–Crippen LogP) is 2.17. The van der Waals surface area contributed by atoms with Gasteiger partial charge in [0.1, 0.15) is 6.04 Å². The van der Waals surface area contributed by atoms with Gasteiger partial charge in [-0.25, -0.2) is 9.59 Å². The Hall–Kier alpha value is -2.27. The van der Waals surface area contributed by atoms with Crippen molar-refractivity contribution < 1.29 is 37.8 Å². The van der Waals surface area contributed by atoms with Crippen LogP contribution in [0, 0.1) is 0 Å². The van der Waals surface area contributed by atoms with Gasteiger partial charge in [0, 0.05) is 18.2 Å². The number of carboxylic acids is 2. The predicted molar refractivity (Wildman–Crippen MR) is 102 cm³/mol. The van der Waals surface area contributed by atoms with E-state index in [0.29, 0.717) is 12.8 Å². The van der Waals surface area contributed by atoms with E-state index in [2.05, 4.69) is 35.0 Å². The van der Waals surface area contributed by atoms with Gasteiger partial charge in [-0.3, -0.25) is 9.69 Å². The molecule has 0 saturated carbocycles. The molecule has 0 bridgehead atoms. The minimum Gasteiger partial charge on any atom is -0.480 e. The lowest BCUT2D eigenvalue weighted by molar-refractivity contribution is -0.192. The largest absolute Gasteiger partial charge is 0.490 e. The van der Waals surface area contributed by atoms with E-state index in [9.17, 15) is 27.9 Å². The number of carbonyl (C=O) groups is 3. The van der Waals surface area contributed by atoms with Gasteiger partial charge in [-0.1, -0.05) is 30.3 Å². The zero-order valence-electron chi connectivity index (χ0n) is 15.6. The summed E-state index contributed by atoms with van der Waals surface area (Å²) in [6, 6.07) is 9.23. The highest BCUT2D eigenvalue weighted by molar-refractivity contribution is 7.82. The highest BCUT2D eigenvalue weighted by atomic mass is 32.1. The third kappa shape index (κ3) is 8.32. The molecule has 0 aromatic heterocycles. The Bertz CT molecular complexity index is 707. The van der Waals surface area contributed by atoms with Crippen LogP contribution in [0.4, 0.5) is 13.2 Å². The lowest BCUT2D eigenvalue weighted by Crippen LogP contribution is -2.57. The number of alkyl halides is 3. The molecule has 1 aromatic carbocycles. The van der Waals surface area contributed by atoms with Crippen molar-refractivity contribution in [3.63, 3.8) is 0 Å². The fraction of sp³-hybridized carbons (Fsp3) is 0.500. The second-order valence-corrected chi connectivity index (χ2v) is 7.53. The molecule has 1 atom stereocenters. The van der Waals surface area contributed by atoms with Crippen LogP contribution in [0.5, 0.6) is 0 Å². The second kappa shape index (κ2) is 10.5. The maximum atomic E-state index is 11.4. The molecule has 2 rings (SSSR count). The molecule has 1 aromatic rings. The van der Waals surface area contributed by atoms with Crippen molar-refractivity contribution in [3.8, 4) is 0 Å². The fourth-order valence-electron chi connectivity index (χ4n) is 2.86. The number of hydrogen-bond donors (Lipinski definition) is 4. The molecule has 1 fully saturated rings. The van der Waals surface area contributed by atoms with Crippen molar-refractivity contribution in [1.29, 1.82) is 0 Å². The van der Waals surface area contributed by atoms with Crippen molar-refractivity contribution in [2.45, 2.75) is 43.3 Å². The van der Waals surface area contributed by atoms with Crippen LogP contribution < -0.4 is 5.32 Å². The first-order valence-corrected chi connectivity index (χ1v) is 9.08. The number of carboxylic acid groups (broad SMARTS) is 2. The van der Waals surface area contributed by atoms with Gasteiger partial charge in [-0.15, -0.1) is 0 Å². The molecule has 1 aliphatic rings. The van der Waals surface area contributed by atoms with E-state index in [1.165, 1.54) is 12.5 Å². The molecule has 1 saturated heterocycles. The monoisotopic (exact) mass is 436 g/mol. The van der Waals surface area contributed by atoms with Gasteiger partial charge in [0.15, 0.2) is 0 Å². The summed E-state index contributed by atoms with van der Waals surface area (Å²) in [5.41, 5.74) is 1.24. The average molecular weight is 436 g/mol. The van der Waals surface area contributed by atoms with Gasteiger partial charge in [0.25, 0.3) is 0 Å². The number of rotatable bonds is 5. The van der Waals surface area contributed by atoms with Gasteiger partial charge in [-0.05, 0) is 31.5 Å². The number of thiol groups is 1. The quantitative estimate of drug-likeness (QED) is 0.527. The number of amides is 1. The van der Waals surface area contributed by atoms with Crippen LogP contribution in [-0.2, 0) is 20.9 Å². The number of benzene rings is 1. The van der Waals surface area contributed by atoms with Crippen LogP contribution in [0.2, 0.25) is 0 Å². The Morgan fingerprint density at radius 2 is 1.66 bits per heavy atom. The Morgan fingerprint density at radius 1 is 1.17 bits per heavy atom. The number of nitrogens with one attached hydrogen (secondary N) is 1. The number of piperidine rings is 1. The molecule has 3 N–H and O–H groups in total. The van der Waals surface area contributed by atoms with Crippen LogP contribution in [0.15, 0.2) is 30.3 Å². The number of halogens is 3. The van der Waals surface area contributed by atoms with Crippen LogP contribution in [0.3, 0.4) is 0 Å². The molecule has 11 heteroatoms. The minimum absolute atomic E-state index is 0.340. The van der Waals surface area contributed by atoms with Crippen molar-refractivity contribution in [3.05, 3.63) is 35.9 Å². The number of likely N-dealkylation sites (tertiary alicyclic amines) is 1. The Labute approximate surface area is 171 Å². The number of hydrogen-bond acceptors (Lipinski definition) is 5. The first-order valence-electron chi connectivity index (χ1n) is 8.64. The summed E-state index contributed by atoms with van der Waals surface area (Å²) >= 11 is 4.60. The normalized spacial score (nSPS) is 17.4. The number of carbonyl (C=O) groups excluding carboxylic acids is 1. The summed E-state index contributed by atoms with van der Waals surface area (Å²) < 4.78 is 31.0. The molecule has 1 heterocycles. The van der Waals surface area contributed by atoms with Gasteiger partial charge < -0.3 is 15.5 Å². The Kier molecular flexibility index (Phi) is 8.96. The summed E-state index contributed by atoms with van der Waals surface area (Å²) in [7, 11) is 0. The topological polar surface area (TPSA) is 107 Å². The van der Waals surface area contributed by atoms with Gasteiger partial charge in [0.2, 0.25) is 5.91 Å². The van der Waals surface area contributed by atoms with Crippen LogP contribution in [-0.4, -0.2) is 63.0 Å². The highest BCUT2D eigenvalue weighted by Gasteiger charge is 2.43. The third-order valence-electron chi connectivity index (χ3n) is 4.35. The molecule has 1 unspecified atom stereocenters. The lowest BCUT2D eigenvalue weighted by Gasteiger charge is -2.41. The molecule has 1 amide bonds. The maximum Gasteiger partial charge on any atom is 0.490 e. The van der Waals surface area contributed by atoms with E-state index < -0.39 is 28.9 Å².